The molecule has 2 unspecified atom stereocenters. The largest absolute Gasteiger partial charge is 0.363 e. The summed E-state index contributed by atoms with van der Waals surface area (Å²) in [6, 6.07) is 1.87. The molecule has 3 heterocycles. The van der Waals surface area contributed by atoms with Crippen molar-refractivity contribution in [2.45, 2.75) is 127 Å². The average molecular weight is 701 g/mol. The second-order valence-corrected chi connectivity index (χ2v) is 18.3. The fraction of sp³-hybridized carbons (Fsp3) is 0.714. The first kappa shape index (κ1) is 36.7. The lowest BCUT2D eigenvalue weighted by Crippen LogP contribution is -2.72. The third-order valence-corrected chi connectivity index (χ3v) is 13.6. The zero-order valence-electron chi connectivity index (χ0n) is 29.3. The van der Waals surface area contributed by atoms with Gasteiger partial charge < -0.3 is 26.6 Å². The Bertz CT molecular complexity index is 1580. The number of amides is 5. The van der Waals surface area contributed by atoms with Crippen LogP contribution in [-0.4, -0.2) is 83.3 Å². The van der Waals surface area contributed by atoms with E-state index in [1.165, 1.54) is 12.3 Å². The van der Waals surface area contributed by atoms with E-state index >= 15 is 0 Å². The molecule has 5 aliphatic rings. The van der Waals surface area contributed by atoms with Gasteiger partial charge in [-0.25, -0.2) is 18.2 Å². The molecule has 5 amide bonds. The number of primary amides is 1. The Hall–Kier alpha value is -3.55. The highest BCUT2D eigenvalue weighted by molar-refractivity contribution is 7.91. The van der Waals surface area contributed by atoms with Crippen molar-refractivity contribution in [3.8, 4) is 0 Å². The molecular weight excluding hydrogens is 648 g/mol. The maximum atomic E-state index is 14.6. The third-order valence-electron chi connectivity index (χ3n) is 11.8. The molecule has 3 aliphatic carbocycles. The van der Waals surface area contributed by atoms with Crippen LogP contribution in [0.5, 0.6) is 0 Å². The van der Waals surface area contributed by atoms with Crippen molar-refractivity contribution >= 4 is 39.4 Å². The van der Waals surface area contributed by atoms with Crippen molar-refractivity contribution in [2.24, 2.45) is 28.4 Å². The van der Waals surface area contributed by atoms with E-state index in [9.17, 15) is 32.4 Å². The zero-order chi connectivity index (χ0) is 36.0. The number of carbonyl (C=O) groups excluding carboxylic acids is 5. The van der Waals surface area contributed by atoms with Gasteiger partial charge in [-0.15, -0.1) is 0 Å². The Labute approximate surface area is 289 Å². The maximum absolute atomic E-state index is 14.6. The fourth-order valence-corrected chi connectivity index (χ4v) is 10.2. The molecule has 2 bridgehead atoms. The molecule has 4 atom stereocenters. The molecule has 49 heavy (non-hydrogen) atoms. The van der Waals surface area contributed by atoms with Crippen LogP contribution in [0.1, 0.15) is 98.8 Å². The van der Waals surface area contributed by atoms with E-state index < -0.39 is 73.4 Å². The molecular formula is C35H52N6O7S. The van der Waals surface area contributed by atoms with Gasteiger partial charge in [0, 0.05) is 18.2 Å². The van der Waals surface area contributed by atoms with Gasteiger partial charge >= 0.3 is 6.03 Å². The molecule has 13 nitrogen and oxygen atoms in total. The number of nitrogens with zero attached hydrogens (tertiary/aromatic N) is 2. The van der Waals surface area contributed by atoms with Crippen molar-refractivity contribution in [3.05, 3.63) is 24.4 Å². The summed E-state index contributed by atoms with van der Waals surface area (Å²) in [7, 11) is -3.84. The summed E-state index contributed by atoms with van der Waals surface area (Å²) >= 11 is 0. The number of rotatable bonds is 12. The standard InChI is InChI=1S/C35H52N6O7S/c1-32(2,3)27(39-31(46)40-34(15-8-6-9-16-34)21-49(47,48)25-14-7-10-17-37-25)29(44)41-20-23-19-35(41,33(23,4)5)30(45)38-24(26(42)28(36)43)18-22-12-11-13-22/h7,10,14,17,22-24,27H,6,8-9,11-13,15-16,18-21H2,1-5H3,(H2,36,43)(H,38,45)(H2,39,40,46)/t23?,24?,27-,35-/m1/s1. The topological polar surface area (TPSA) is 198 Å². The highest BCUT2D eigenvalue weighted by Gasteiger charge is 2.74. The summed E-state index contributed by atoms with van der Waals surface area (Å²) in [5, 5.41) is 8.60. The van der Waals surface area contributed by atoms with Gasteiger partial charge in [-0.1, -0.05) is 79.2 Å². The highest BCUT2D eigenvalue weighted by atomic mass is 32.2. The Kier molecular flexibility index (Phi) is 9.96. The number of ketones is 1. The fourth-order valence-electron chi connectivity index (χ4n) is 8.45. The monoisotopic (exact) mass is 700 g/mol. The Morgan fingerprint density at radius 1 is 1.02 bits per heavy atom. The minimum Gasteiger partial charge on any atom is -0.363 e. The molecule has 0 radical (unpaired) electrons. The van der Waals surface area contributed by atoms with Gasteiger partial charge in [0.25, 0.3) is 5.91 Å². The Morgan fingerprint density at radius 2 is 1.69 bits per heavy atom. The quantitative estimate of drug-likeness (QED) is 0.239. The first-order valence-corrected chi connectivity index (χ1v) is 19.2. The number of hydrogen-bond acceptors (Lipinski definition) is 8. The van der Waals surface area contributed by atoms with Crippen LogP contribution in [0.2, 0.25) is 0 Å². The minimum absolute atomic E-state index is 0.0101. The van der Waals surface area contributed by atoms with E-state index in [4.69, 9.17) is 5.73 Å². The summed E-state index contributed by atoms with van der Waals surface area (Å²) in [5.74, 6) is -3.02. The molecule has 0 aromatic carbocycles. The first-order valence-electron chi connectivity index (χ1n) is 17.5. The van der Waals surface area contributed by atoms with E-state index in [0.717, 1.165) is 38.5 Å². The lowest BCUT2D eigenvalue weighted by Gasteiger charge is -2.55. The van der Waals surface area contributed by atoms with Crippen molar-refractivity contribution in [2.75, 3.05) is 12.3 Å². The van der Waals surface area contributed by atoms with E-state index in [2.05, 4.69) is 20.9 Å². The number of urea groups is 1. The number of carbonyl (C=O) groups is 5. The molecule has 2 saturated heterocycles. The van der Waals surface area contributed by atoms with Gasteiger partial charge in [0.05, 0.1) is 17.3 Å². The van der Waals surface area contributed by atoms with Crippen LogP contribution in [0.4, 0.5) is 4.79 Å². The highest BCUT2D eigenvalue weighted by Crippen LogP contribution is 2.64. The average Bonchev–Trinajstić information content (AvgIpc) is 3.54. The maximum Gasteiger partial charge on any atom is 0.315 e. The van der Waals surface area contributed by atoms with E-state index in [1.54, 1.807) is 17.0 Å². The molecule has 6 rings (SSSR count). The smallest absolute Gasteiger partial charge is 0.315 e. The molecule has 1 aromatic heterocycles. The molecule has 5 N–H and O–H groups in total. The van der Waals surface area contributed by atoms with E-state index in [0.29, 0.717) is 32.2 Å². The number of pyridine rings is 1. The van der Waals surface area contributed by atoms with Crippen LogP contribution in [-0.2, 0) is 29.0 Å². The molecule has 2 aliphatic heterocycles. The normalized spacial score (nSPS) is 25.6. The number of nitrogens with one attached hydrogen (secondary N) is 3. The number of aromatic nitrogens is 1. The lowest BCUT2D eigenvalue weighted by molar-refractivity contribution is -0.160. The van der Waals surface area contributed by atoms with Crippen molar-refractivity contribution in [1.29, 1.82) is 0 Å². The molecule has 14 heteroatoms. The van der Waals surface area contributed by atoms with Crippen LogP contribution in [0.25, 0.3) is 0 Å². The van der Waals surface area contributed by atoms with Gasteiger partial charge in [0.2, 0.25) is 17.6 Å². The predicted molar refractivity (Wildman–Crippen MR) is 181 cm³/mol. The van der Waals surface area contributed by atoms with Crippen molar-refractivity contribution in [1.82, 2.24) is 25.8 Å². The summed E-state index contributed by atoms with van der Waals surface area (Å²) in [6.07, 6.45) is 8.24. The lowest BCUT2D eigenvalue weighted by atomic mass is 9.52. The molecule has 270 valence electrons. The first-order chi connectivity index (χ1) is 22.8. The summed E-state index contributed by atoms with van der Waals surface area (Å²) in [6.45, 7) is 9.58. The number of fused-ring (bicyclic) bond motifs is 1. The van der Waals surface area contributed by atoms with Gasteiger partial charge in [-0.2, -0.15) is 0 Å². The number of hydrogen-bond donors (Lipinski definition) is 4. The van der Waals surface area contributed by atoms with Gasteiger partial charge in [0.1, 0.15) is 11.6 Å². The second-order valence-electron chi connectivity index (χ2n) is 16.4. The Morgan fingerprint density at radius 3 is 2.22 bits per heavy atom. The van der Waals surface area contributed by atoms with Gasteiger partial charge in [0.15, 0.2) is 14.9 Å². The summed E-state index contributed by atoms with van der Waals surface area (Å²) in [5.41, 5.74) is 1.58. The van der Waals surface area contributed by atoms with Crippen LogP contribution in [0.15, 0.2) is 29.4 Å². The van der Waals surface area contributed by atoms with Gasteiger partial charge in [-0.05, 0) is 55.1 Å². The minimum atomic E-state index is -3.84. The Balaban J connectivity index is 1.37. The van der Waals surface area contributed by atoms with Gasteiger partial charge in [-0.3, -0.25) is 19.2 Å². The molecule has 3 saturated carbocycles. The number of Topliss-reactive ketones (excluding diaryl/α,β-unsaturated/α-hetero) is 1. The van der Waals surface area contributed by atoms with Crippen molar-refractivity contribution in [3.63, 3.8) is 0 Å². The van der Waals surface area contributed by atoms with Crippen LogP contribution < -0.4 is 21.7 Å². The predicted octanol–water partition coefficient (Wildman–Crippen LogP) is 2.63. The summed E-state index contributed by atoms with van der Waals surface area (Å²) in [4.78, 5) is 72.9. The van der Waals surface area contributed by atoms with Crippen LogP contribution in [0.3, 0.4) is 0 Å². The zero-order valence-corrected chi connectivity index (χ0v) is 30.2. The van der Waals surface area contributed by atoms with Crippen molar-refractivity contribution < 1.29 is 32.4 Å². The number of nitrogens with two attached hydrogens (primary N) is 1. The molecule has 1 aromatic rings. The van der Waals surface area contributed by atoms with Crippen LogP contribution in [0, 0.1) is 22.7 Å². The van der Waals surface area contributed by atoms with E-state index in [1.807, 2.05) is 34.6 Å². The third kappa shape index (κ3) is 6.94. The number of sulfone groups is 1. The second kappa shape index (κ2) is 13.3. The SMILES string of the molecule is CC(C)(C)[C@H](NC(=O)NC1(CS(=O)(=O)c2ccccn2)CCCCC1)C(=O)N1CC2C[C@@]1(C(=O)NC(CC1CCC1)C(=O)C(N)=O)C2(C)C. The van der Waals surface area contributed by atoms with E-state index in [-0.39, 0.29) is 22.6 Å². The molecule has 0 spiro atoms. The van der Waals surface area contributed by atoms with Crippen LogP contribution >= 0.6 is 0 Å². The summed E-state index contributed by atoms with van der Waals surface area (Å²) < 4.78 is 26.8. The molecule has 5 fully saturated rings.